The van der Waals surface area contributed by atoms with Crippen molar-refractivity contribution in [1.29, 1.82) is 0 Å². The molecule has 0 radical (unpaired) electrons. The highest BCUT2D eigenvalue weighted by molar-refractivity contribution is 7.56. The molecule has 0 aliphatic carbocycles. The monoisotopic (exact) mass is 220 g/mol. The molecule has 0 saturated heterocycles. The SMILES string of the molecule is C#C[C@@H](C)[P@@](=O)(OC)O[Si](C)(C)C. The lowest BCUT2D eigenvalue weighted by Gasteiger charge is -2.26. The molecule has 0 aromatic carbocycles. The molecule has 0 aromatic heterocycles. The van der Waals surface area contributed by atoms with Gasteiger partial charge < -0.3 is 8.74 Å². The summed E-state index contributed by atoms with van der Waals surface area (Å²) in [6, 6.07) is 0. The van der Waals surface area contributed by atoms with Crippen LogP contribution >= 0.6 is 7.60 Å². The Bertz CT molecular complexity index is 251. The van der Waals surface area contributed by atoms with Crippen LogP contribution in [0.4, 0.5) is 0 Å². The fourth-order valence-electron chi connectivity index (χ4n) is 0.747. The van der Waals surface area contributed by atoms with Crippen molar-refractivity contribution in [1.82, 2.24) is 0 Å². The van der Waals surface area contributed by atoms with Gasteiger partial charge in [-0.25, -0.2) is 0 Å². The Morgan fingerprint density at radius 1 is 1.46 bits per heavy atom. The number of rotatable bonds is 4. The first-order valence-corrected chi connectivity index (χ1v) is 9.09. The summed E-state index contributed by atoms with van der Waals surface area (Å²) in [4.78, 5) is 0. The van der Waals surface area contributed by atoms with Gasteiger partial charge in [-0.1, -0.05) is 5.92 Å². The molecule has 0 rings (SSSR count). The third-order valence-corrected chi connectivity index (χ3v) is 6.19. The first kappa shape index (κ1) is 12.9. The number of hydrogen-bond acceptors (Lipinski definition) is 3. The summed E-state index contributed by atoms with van der Waals surface area (Å²) in [6.07, 6.45) is 5.19. The van der Waals surface area contributed by atoms with E-state index in [-0.39, 0.29) is 0 Å². The van der Waals surface area contributed by atoms with Crippen LogP contribution in [0.25, 0.3) is 0 Å². The van der Waals surface area contributed by atoms with Crippen molar-refractivity contribution in [3.63, 3.8) is 0 Å². The van der Waals surface area contributed by atoms with Crippen molar-refractivity contribution >= 4 is 15.9 Å². The molecule has 0 spiro atoms. The molecule has 0 aliphatic heterocycles. The Hall–Kier alpha value is -0.0731. The van der Waals surface area contributed by atoms with Crippen LogP contribution in [0.3, 0.4) is 0 Å². The zero-order valence-electron chi connectivity index (χ0n) is 8.83. The van der Waals surface area contributed by atoms with E-state index in [1.807, 2.05) is 19.6 Å². The maximum absolute atomic E-state index is 12.0. The largest absolute Gasteiger partial charge is 0.350 e. The van der Waals surface area contributed by atoms with Gasteiger partial charge in [-0.05, 0) is 26.6 Å². The second-order valence-corrected chi connectivity index (χ2v) is 10.9. The minimum atomic E-state index is -3.09. The quantitative estimate of drug-likeness (QED) is 0.415. The van der Waals surface area contributed by atoms with Crippen molar-refractivity contribution in [3.05, 3.63) is 0 Å². The molecule has 0 unspecified atom stereocenters. The molecule has 0 aliphatic rings. The molecule has 0 amide bonds. The highest BCUT2D eigenvalue weighted by Crippen LogP contribution is 2.53. The maximum Gasteiger partial charge on any atom is 0.335 e. The van der Waals surface area contributed by atoms with Crippen LogP contribution in [0.15, 0.2) is 0 Å². The predicted octanol–water partition coefficient (Wildman–Crippen LogP) is 2.70. The molecule has 13 heavy (non-hydrogen) atoms. The van der Waals surface area contributed by atoms with Gasteiger partial charge in [-0.2, -0.15) is 0 Å². The van der Waals surface area contributed by atoms with Crippen molar-refractivity contribution < 1.29 is 13.3 Å². The highest BCUT2D eigenvalue weighted by atomic mass is 31.2. The number of terminal acetylenes is 1. The Labute approximate surface area is 81.5 Å². The van der Waals surface area contributed by atoms with Gasteiger partial charge in [0.25, 0.3) is 0 Å². The molecule has 0 saturated carbocycles. The van der Waals surface area contributed by atoms with Crippen LogP contribution in [0.5, 0.6) is 0 Å². The molecule has 0 heterocycles. The average Bonchev–Trinajstić information content (AvgIpc) is 1.99. The molecule has 0 aromatic rings. The fraction of sp³-hybridized carbons (Fsp3) is 0.750. The lowest BCUT2D eigenvalue weighted by Crippen LogP contribution is -2.26. The molecule has 5 heteroatoms. The van der Waals surface area contributed by atoms with Gasteiger partial charge in [0, 0.05) is 7.11 Å². The fourth-order valence-corrected chi connectivity index (χ4v) is 5.23. The van der Waals surface area contributed by atoms with Crippen LogP contribution in [0.1, 0.15) is 6.92 Å². The van der Waals surface area contributed by atoms with Gasteiger partial charge in [0.1, 0.15) is 5.66 Å². The first-order valence-electron chi connectivity index (χ1n) is 4.07. The van der Waals surface area contributed by atoms with Gasteiger partial charge in [0.2, 0.25) is 0 Å². The summed E-state index contributed by atoms with van der Waals surface area (Å²) >= 11 is 0. The zero-order chi connectivity index (χ0) is 10.7. The summed E-state index contributed by atoms with van der Waals surface area (Å²) in [5, 5.41) is 0. The normalized spacial score (nSPS) is 18.8. The van der Waals surface area contributed by atoms with E-state index in [1.165, 1.54) is 7.11 Å². The Morgan fingerprint density at radius 2 is 1.92 bits per heavy atom. The molecule has 3 nitrogen and oxygen atoms in total. The first-order chi connectivity index (χ1) is 5.75. The van der Waals surface area contributed by atoms with Gasteiger partial charge in [-0.15, -0.1) is 6.42 Å². The lowest BCUT2D eigenvalue weighted by atomic mass is 10.5. The molecule has 0 fully saturated rings. The van der Waals surface area contributed by atoms with Gasteiger partial charge in [-0.3, -0.25) is 4.57 Å². The summed E-state index contributed by atoms with van der Waals surface area (Å²) < 4.78 is 22.3. The van der Waals surface area contributed by atoms with E-state index in [0.717, 1.165) is 0 Å². The maximum atomic E-state index is 12.0. The van der Waals surface area contributed by atoms with Crippen molar-refractivity contribution in [3.8, 4) is 12.3 Å². The van der Waals surface area contributed by atoms with Crippen molar-refractivity contribution in [2.24, 2.45) is 0 Å². The average molecular weight is 220 g/mol. The summed E-state index contributed by atoms with van der Waals surface area (Å²) in [6.45, 7) is 7.51. The van der Waals surface area contributed by atoms with Gasteiger partial charge in [0.05, 0.1) is 0 Å². The molecular weight excluding hydrogens is 203 g/mol. The second kappa shape index (κ2) is 4.43. The van der Waals surface area contributed by atoms with E-state index in [1.54, 1.807) is 6.92 Å². The Morgan fingerprint density at radius 3 is 2.15 bits per heavy atom. The van der Waals surface area contributed by atoms with Gasteiger partial charge in [0.15, 0.2) is 8.32 Å². The van der Waals surface area contributed by atoms with E-state index in [4.69, 9.17) is 15.2 Å². The minimum absolute atomic E-state index is 0.482. The molecular formula is C8H17O3PSi. The van der Waals surface area contributed by atoms with E-state index >= 15 is 0 Å². The van der Waals surface area contributed by atoms with E-state index in [2.05, 4.69) is 5.92 Å². The van der Waals surface area contributed by atoms with Crippen LogP contribution in [0.2, 0.25) is 19.6 Å². The summed E-state index contributed by atoms with van der Waals surface area (Å²) in [7, 11) is -3.59. The smallest absolute Gasteiger partial charge is 0.335 e. The molecule has 2 atom stereocenters. The minimum Gasteiger partial charge on any atom is -0.350 e. The summed E-state index contributed by atoms with van der Waals surface area (Å²) in [5.74, 6) is 2.39. The Kier molecular flexibility index (Phi) is 4.41. The predicted molar refractivity (Wildman–Crippen MR) is 57.3 cm³/mol. The van der Waals surface area contributed by atoms with E-state index in [9.17, 15) is 4.57 Å². The third-order valence-electron chi connectivity index (χ3n) is 1.37. The van der Waals surface area contributed by atoms with Gasteiger partial charge >= 0.3 is 7.60 Å². The van der Waals surface area contributed by atoms with Crippen LogP contribution in [-0.2, 0) is 13.3 Å². The van der Waals surface area contributed by atoms with Crippen LogP contribution in [-0.4, -0.2) is 21.1 Å². The highest BCUT2D eigenvalue weighted by Gasteiger charge is 2.35. The molecule has 0 N–H and O–H groups in total. The standard InChI is InChI=1S/C8H17O3PSi/c1-7-8(2)12(9,10-3)11-13(4,5)6/h1,8H,2-6H3/t8-,12-/m1/s1. The zero-order valence-corrected chi connectivity index (χ0v) is 10.7. The molecule has 0 bridgehead atoms. The van der Waals surface area contributed by atoms with Crippen molar-refractivity contribution in [2.75, 3.05) is 7.11 Å². The lowest BCUT2D eigenvalue weighted by molar-refractivity contribution is 0.316. The van der Waals surface area contributed by atoms with E-state index in [0.29, 0.717) is 0 Å². The molecule has 76 valence electrons. The second-order valence-electron chi connectivity index (χ2n) is 3.77. The van der Waals surface area contributed by atoms with Crippen LogP contribution < -0.4 is 0 Å². The Balaban J connectivity index is 4.69. The van der Waals surface area contributed by atoms with E-state index < -0.39 is 21.6 Å². The number of hydrogen-bond donors (Lipinski definition) is 0. The topological polar surface area (TPSA) is 35.5 Å². The third kappa shape index (κ3) is 4.10. The van der Waals surface area contributed by atoms with Crippen molar-refractivity contribution in [2.45, 2.75) is 32.2 Å². The summed E-state index contributed by atoms with van der Waals surface area (Å²) in [5.41, 5.74) is -0.482. The van der Waals surface area contributed by atoms with Crippen LogP contribution in [0, 0.1) is 12.3 Å².